The predicted molar refractivity (Wildman–Crippen MR) is 74.7 cm³/mol. The molecule has 0 saturated carbocycles. The van der Waals surface area contributed by atoms with Crippen molar-refractivity contribution < 1.29 is 14.3 Å². The fraction of sp³-hybridized carbons (Fsp3) is 0.133. The number of rotatable bonds is 3. The van der Waals surface area contributed by atoms with Crippen molar-refractivity contribution in [3.63, 3.8) is 0 Å². The molecule has 0 saturated heterocycles. The van der Waals surface area contributed by atoms with Gasteiger partial charge in [0.15, 0.2) is 11.3 Å². The van der Waals surface area contributed by atoms with Gasteiger partial charge in [-0.3, -0.25) is 0 Å². The van der Waals surface area contributed by atoms with Gasteiger partial charge in [0.1, 0.15) is 5.82 Å². The molecule has 0 aliphatic carbocycles. The maximum Gasteiger partial charge on any atom is 0.357 e. The second-order valence-corrected chi connectivity index (χ2v) is 4.73. The minimum absolute atomic E-state index is 0.0630. The number of aromatic carboxylic acids is 1. The molecule has 0 bridgehead atoms. The van der Waals surface area contributed by atoms with Crippen LogP contribution in [0.25, 0.3) is 11.0 Å². The van der Waals surface area contributed by atoms with Crippen LogP contribution in [0.4, 0.5) is 4.39 Å². The highest BCUT2D eigenvalue weighted by Gasteiger charge is 2.19. The first-order valence-corrected chi connectivity index (χ1v) is 6.36. The molecule has 0 unspecified atom stereocenters. The summed E-state index contributed by atoms with van der Waals surface area (Å²) >= 11 is 0. The molecule has 106 valence electrons. The zero-order valence-corrected chi connectivity index (χ0v) is 11.2. The third-order valence-electron chi connectivity index (χ3n) is 3.32. The number of fused-ring (bicyclic) bond motifs is 1. The molecule has 2 heterocycles. The Morgan fingerprint density at radius 3 is 2.81 bits per heavy atom. The minimum Gasteiger partial charge on any atom is -0.476 e. The summed E-state index contributed by atoms with van der Waals surface area (Å²) in [5.41, 5.74) is 1.59. The number of hydrogen-bond donors (Lipinski definition) is 1. The molecule has 0 aliphatic rings. The van der Waals surface area contributed by atoms with Crippen molar-refractivity contribution >= 4 is 17.0 Å². The van der Waals surface area contributed by atoms with Gasteiger partial charge >= 0.3 is 5.97 Å². The monoisotopic (exact) mass is 285 g/mol. The van der Waals surface area contributed by atoms with E-state index in [1.54, 1.807) is 37.4 Å². The van der Waals surface area contributed by atoms with Crippen molar-refractivity contribution in [2.45, 2.75) is 13.5 Å². The summed E-state index contributed by atoms with van der Waals surface area (Å²) in [4.78, 5) is 15.5. The maximum atomic E-state index is 13.7. The molecule has 0 atom stereocenters. The van der Waals surface area contributed by atoms with E-state index in [0.29, 0.717) is 16.6 Å². The fourth-order valence-corrected chi connectivity index (χ4v) is 2.30. The zero-order chi connectivity index (χ0) is 15.0. The first-order valence-electron chi connectivity index (χ1n) is 6.36. The molecule has 0 aliphatic heterocycles. The minimum atomic E-state index is -1.12. The van der Waals surface area contributed by atoms with E-state index in [-0.39, 0.29) is 18.1 Å². The summed E-state index contributed by atoms with van der Waals surface area (Å²) < 4.78 is 15.2. The maximum absolute atomic E-state index is 13.7. The SMILES string of the molecule is Cc1ccnc2c1c(C(=O)O)nn2Cc1ccccc1F. The van der Waals surface area contributed by atoms with Crippen molar-refractivity contribution in [3.05, 3.63) is 59.2 Å². The molecule has 6 heteroatoms. The van der Waals surface area contributed by atoms with Crippen LogP contribution >= 0.6 is 0 Å². The molecule has 3 aromatic rings. The smallest absolute Gasteiger partial charge is 0.357 e. The average molecular weight is 285 g/mol. The molecule has 0 amide bonds. The third-order valence-corrected chi connectivity index (χ3v) is 3.32. The van der Waals surface area contributed by atoms with Gasteiger partial charge in [-0.15, -0.1) is 0 Å². The highest BCUT2D eigenvalue weighted by atomic mass is 19.1. The Morgan fingerprint density at radius 2 is 2.10 bits per heavy atom. The molecule has 2 aromatic heterocycles. The van der Waals surface area contributed by atoms with E-state index in [4.69, 9.17) is 0 Å². The number of aromatic nitrogens is 3. The van der Waals surface area contributed by atoms with Crippen molar-refractivity contribution in [2.75, 3.05) is 0 Å². The quantitative estimate of drug-likeness (QED) is 0.803. The summed E-state index contributed by atoms with van der Waals surface area (Å²) in [6.07, 6.45) is 1.59. The van der Waals surface area contributed by atoms with E-state index in [1.165, 1.54) is 10.7 Å². The van der Waals surface area contributed by atoms with Gasteiger partial charge in [0, 0.05) is 11.8 Å². The molecule has 0 fully saturated rings. The van der Waals surface area contributed by atoms with E-state index in [0.717, 1.165) is 5.56 Å². The van der Waals surface area contributed by atoms with Crippen LogP contribution in [-0.2, 0) is 6.54 Å². The molecule has 0 radical (unpaired) electrons. The van der Waals surface area contributed by atoms with Gasteiger partial charge in [-0.25, -0.2) is 18.9 Å². The van der Waals surface area contributed by atoms with E-state index < -0.39 is 5.97 Å². The zero-order valence-electron chi connectivity index (χ0n) is 11.2. The molecule has 1 aromatic carbocycles. The number of carboxylic acids is 1. The molecular formula is C15H12FN3O2. The lowest BCUT2D eigenvalue weighted by Gasteiger charge is -2.04. The Hall–Kier alpha value is -2.76. The van der Waals surface area contributed by atoms with Crippen LogP contribution in [0.15, 0.2) is 36.5 Å². The second-order valence-electron chi connectivity index (χ2n) is 4.73. The third kappa shape index (κ3) is 2.24. The highest BCUT2D eigenvalue weighted by molar-refractivity contribution is 6.01. The summed E-state index contributed by atoms with van der Waals surface area (Å²) in [6.45, 7) is 1.93. The van der Waals surface area contributed by atoms with Crippen LogP contribution in [0.1, 0.15) is 21.6 Å². The normalized spacial score (nSPS) is 11.0. The van der Waals surface area contributed by atoms with Gasteiger partial charge in [-0.05, 0) is 24.6 Å². The molecular weight excluding hydrogens is 273 g/mol. The van der Waals surface area contributed by atoms with Crippen molar-refractivity contribution in [1.29, 1.82) is 0 Å². The molecule has 3 rings (SSSR count). The Balaban J connectivity index is 2.18. The molecule has 0 spiro atoms. The van der Waals surface area contributed by atoms with Crippen LogP contribution < -0.4 is 0 Å². The van der Waals surface area contributed by atoms with Crippen LogP contribution in [0.5, 0.6) is 0 Å². The Kier molecular flexibility index (Phi) is 3.13. The van der Waals surface area contributed by atoms with E-state index in [2.05, 4.69) is 10.1 Å². The molecule has 21 heavy (non-hydrogen) atoms. The van der Waals surface area contributed by atoms with Crippen LogP contribution in [-0.4, -0.2) is 25.8 Å². The van der Waals surface area contributed by atoms with Gasteiger partial charge in [0.25, 0.3) is 0 Å². The predicted octanol–water partition coefficient (Wildman–Crippen LogP) is 2.63. The van der Waals surface area contributed by atoms with Crippen molar-refractivity contribution in [3.8, 4) is 0 Å². The lowest BCUT2D eigenvalue weighted by atomic mass is 10.1. The summed E-state index contributed by atoms with van der Waals surface area (Å²) in [5, 5.41) is 13.8. The Morgan fingerprint density at radius 1 is 1.33 bits per heavy atom. The second kappa shape index (κ2) is 4.97. The van der Waals surface area contributed by atoms with Gasteiger partial charge in [-0.1, -0.05) is 18.2 Å². The van der Waals surface area contributed by atoms with E-state index >= 15 is 0 Å². The highest BCUT2D eigenvalue weighted by Crippen LogP contribution is 2.22. The first kappa shape index (κ1) is 13.2. The topological polar surface area (TPSA) is 68.0 Å². The number of carboxylic acid groups (broad SMARTS) is 1. The van der Waals surface area contributed by atoms with Crippen molar-refractivity contribution in [2.24, 2.45) is 0 Å². The molecule has 5 nitrogen and oxygen atoms in total. The largest absolute Gasteiger partial charge is 0.476 e. The standard InChI is InChI=1S/C15H12FN3O2/c1-9-6-7-17-14-12(9)13(15(20)21)18-19(14)8-10-4-2-3-5-11(10)16/h2-7H,8H2,1H3,(H,20,21). The number of aryl methyl sites for hydroxylation is 1. The van der Waals surface area contributed by atoms with E-state index in [9.17, 15) is 14.3 Å². The van der Waals surface area contributed by atoms with Gasteiger partial charge in [0.2, 0.25) is 0 Å². The van der Waals surface area contributed by atoms with Gasteiger partial charge < -0.3 is 5.11 Å². The fourth-order valence-electron chi connectivity index (χ4n) is 2.30. The number of hydrogen-bond acceptors (Lipinski definition) is 3. The van der Waals surface area contributed by atoms with Crippen LogP contribution in [0, 0.1) is 12.7 Å². The lowest BCUT2D eigenvalue weighted by Crippen LogP contribution is -2.06. The Labute approximate surface area is 119 Å². The number of pyridine rings is 1. The average Bonchev–Trinajstić information content (AvgIpc) is 2.82. The van der Waals surface area contributed by atoms with Crippen LogP contribution in [0.3, 0.4) is 0 Å². The summed E-state index contributed by atoms with van der Waals surface area (Å²) in [6, 6.07) is 8.05. The molecule has 1 N–H and O–H groups in total. The van der Waals surface area contributed by atoms with E-state index in [1.807, 2.05) is 0 Å². The first-order chi connectivity index (χ1) is 10.1. The van der Waals surface area contributed by atoms with Crippen LogP contribution in [0.2, 0.25) is 0 Å². The lowest BCUT2D eigenvalue weighted by molar-refractivity contribution is 0.0691. The van der Waals surface area contributed by atoms with Gasteiger partial charge in [-0.2, -0.15) is 5.10 Å². The number of halogens is 1. The van der Waals surface area contributed by atoms with Gasteiger partial charge in [0.05, 0.1) is 11.9 Å². The van der Waals surface area contributed by atoms with Crippen molar-refractivity contribution in [1.82, 2.24) is 14.8 Å². The summed E-state index contributed by atoms with van der Waals surface area (Å²) in [7, 11) is 0. The summed E-state index contributed by atoms with van der Waals surface area (Å²) in [5.74, 6) is -1.48. The number of nitrogens with zero attached hydrogens (tertiary/aromatic N) is 3. The number of carbonyl (C=O) groups is 1. The number of benzene rings is 1. The Bertz CT molecular complexity index is 842.